The fraction of sp³-hybridized carbons (Fsp3) is 0.857. The smallest absolute Gasteiger partial charge is 0.314 e. The van der Waals surface area contributed by atoms with E-state index in [1.165, 1.54) is 0 Å². The molecule has 0 bridgehead atoms. The van der Waals surface area contributed by atoms with Gasteiger partial charge in [0.25, 0.3) is 0 Å². The first-order valence-corrected chi connectivity index (χ1v) is 4.19. The summed E-state index contributed by atoms with van der Waals surface area (Å²) in [6.45, 7) is 3.43. The second kappa shape index (κ2) is 4.71. The molecule has 3 N–H and O–H groups in total. The van der Waals surface area contributed by atoms with Crippen molar-refractivity contribution in [2.45, 2.75) is 38.8 Å². The Morgan fingerprint density at radius 3 is 2.17 bits per heavy atom. The van der Waals surface area contributed by atoms with Crippen LogP contribution in [-0.2, 0) is 4.74 Å². The van der Waals surface area contributed by atoms with E-state index in [1.807, 2.05) is 0 Å². The number of rotatable bonds is 4. The molecule has 0 spiro atoms. The van der Waals surface area contributed by atoms with Crippen molar-refractivity contribution in [3.05, 3.63) is 0 Å². The van der Waals surface area contributed by atoms with Gasteiger partial charge in [0.2, 0.25) is 0 Å². The summed E-state index contributed by atoms with van der Waals surface area (Å²) in [5.74, 6) is -2.81. The molecule has 0 heterocycles. The zero-order valence-electron chi connectivity index (χ0n) is 7.15. The predicted octanol–water partition coefficient (Wildman–Crippen LogP) is 0.150. The Labute approximate surface area is 76.8 Å². The molecule has 72 valence electrons. The molecule has 0 fully saturated rings. The van der Waals surface area contributed by atoms with E-state index in [4.69, 9.17) is 32.3 Å². The Balaban J connectivity index is 4.09. The highest BCUT2D eigenvalue weighted by Crippen LogP contribution is 2.12. The van der Waals surface area contributed by atoms with Crippen molar-refractivity contribution < 1.29 is 20.1 Å². The van der Waals surface area contributed by atoms with Gasteiger partial charge in [0.1, 0.15) is 0 Å². The molecular formula is C7H14O4S. The molecule has 0 amide bonds. The zero-order chi connectivity index (χ0) is 9.78. The van der Waals surface area contributed by atoms with Crippen molar-refractivity contribution >= 4 is 17.3 Å². The Morgan fingerprint density at radius 1 is 1.42 bits per heavy atom. The van der Waals surface area contributed by atoms with Crippen molar-refractivity contribution in [2.75, 3.05) is 0 Å². The summed E-state index contributed by atoms with van der Waals surface area (Å²) in [5, 5.41) is 26.5. The van der Waals surface area contributed by atoms with Gasteiger partial charge >= 0.3 is 5.97 Å². The number of thiocarbonyl (C=S) groups is 1. The monoisotopic (exact) mass is 194 g/mol. The lowest BCUT2D eigenvalue weighted by molar-refractivity contribution is -0.351. The molecule has 0 radical (unpaired) electrons. The number of aliphatic hydroxyl groups is 3. The van der Waals surface area contributed by atoms with Gasteiger partial charge in [0.05, 0.1) is 0 Å². The van der Waals surface area contributed by atoms with Gasteiger partial charge in [-0.2, -0.15) is 0 Å². The standard InChI is InChI=1S/C7H14O4S/c1-3-5(7(8,9)10)11-6(12)4-2/h5,8-10H,3-4H2,1-2H3. The van der Waals surface area contributed by atoms with Crippen LogP contribution in [0.25, 0.3) is 0 Å². The largest absolute Gasteiger partial charge is 0.475 e. The second-order valence-electron chi connectivity index (χ2n) is 2.43. The number of hydrogen-bond donors (Lipinski definition) is 3. The first-order chi connectivity index (χ1) is 5.41. The minimum Gasteiger partial charge on any atom is -0.475 e. The molecular weight excluding hydrogens is 180 g/mol. The fourth-order valence-electron chi connectivity index (χ4n) is 0.678. The maximum Gasteiger partial charge on any atom is 0.314 e. The maximum atomic E-state index is 8.75. The number of hydrogen-bond acceptors (Lipinski definition) is 5. The first-order valence-electron chi connectivity index (χ1n) is 3.78. The average Bonchev–Trinajstić information content (AvgIpc) is 1.97. The van der Waals surface area contributed by atoms with Crippen LogP contribution in [0.4, 0.5) is 0 Å². The van der Waals surface area contributed by atoms with E-state index >= 15 is 0 Å². The minimum absolute atomic E-state index is 0.253. The van der Waals surface area contributed by atoms with Gasteiger partial charge in [-0.1, -0.05) is 13.8 Å². The normalized spacial score (nSPS) is 14.1. The lowest BCUT2D eigenvalue weighted by Gasteiger charge is -2.25. The van der Waals surface area contributed by atoms with Gasteiger partial charge in [-0.15, -0.1) is 0 Å². The van der Waals surface area contributed by atoms with Gasteiger partial charge in [-0.25, -0.2) is 0 Å². The highest BCUT2D eigenvalue weighted by molar-refractivity contribution is 7.80. The van der Waals surface area contributed by atoms with Crippen LogP contribution >= 0.6 is 12.2 Å². The SMILES string of the molecule is CCC(=S)OC(CC)C(O)(O)O. The Morgan fingerprint density at radius 2 is 1.92 bits per heavy atom. The maximum absolute atomic E-state index is 8.75. The molecule has 1 atom stereocenters. The summed E-state index contributed by atoms with van der Waals surface area (Å²) in [5.41, 5.74) is 0. The molecule has 5 heteroatoms. The van der Waals surface area contributed by atoms with Crippen LogP contribution in [0.2, 0.25) is 0 Å². The minimum atomic E-state index is -2.81. The summed E-state index contributed by atoms with van der Waals surface area (Å²) >= 11 is 4.71. The van der Waals surface area contributed by atoms with Gasteiger partial charge in [0, 0.05) is 6.42 Å². The average molecular weight is 194 g/mol. The van der Waals surface area contributed by atoms with Crippen molar-refractivity contribution in [3.8, 4) is 0 Å². The number of ether oxygens (including phenoxy) is 1. The fourth-order valence-corrected chi connectivity index (χ4v) is 0.794. The van der Waals surface area contributed by atoms with E-state index in [2.05, 4.69) is 0 Å². The van der Waals surface area contributed by atoms with Crippen LogP contribution in [0.1, 0.15) is 26.7 Å². The molecule has 0 aromatic carbocycles. The molecule has 0 aromatic heterocycles. The molecule has 0 aliphatic heterocycles. The molecule has 0 saturated heterocycles. The van der Waals surface area contributed by atoms with Gasteiger partial charge in [0.15, 0.2) is 11.2 Å². The van der Waals surface area contributed by atoms with E-state index in [0.29, 0.717) is 6.42 Å². The summed E-state index contributed by atoms with van der Waals surface area (Å²) in [4.78, 5) is 0. The molecule has 12 heavy (non-hydrogen) atoms. The molecule has 0 aromatic rings. The lowest BCUT2D eigenvalue weighted by atomic mass is 10.2. The van der Waals surface area contributed by atoms with Crippen LogP contribution in [0.5, 0.6) is 0 Å². The third kappa shape index (κ3) is 3.96. The van der Waals surface area contributed by atoms with Crippen LogP contribution in [0.15, 0.2) is 0 Å². The summed E-state index contributed by atoms with van der Waals surface area (Å²) in [6.07, 6.45) is -0.309. The van der Waals surface area contributed by atoms with Crippen LogP contribution in [0, 0.1) is 0 Å². The Hall–Kier alpha value is -0.230. The van der Waals surface area contributed by atoms with E-state index in [1.54, 1.807) is 13.8 Å². The van der Waals surface area contributed by atoms with E-state index in [-0.39, 0.29) is 11.5 Å². The molecule has 0 saturated carbocycles. The second-order valence-corrected chi connectivity index (χ2v) is 2.88. The Bertz CT molecular complexity index is 152. The first kappa shape index (κ1) is 11.8. The van der Waals surface area contributed by atoms with E-state index < -0.39 is 12.1 Å². The topological polar surface area (TPSA) is 69.9 Å². The van der Waals surface area contributed by atoms with E-state index in [9.17, 15) is 0 Å². The van der Waals surface area contributed by atoms with Gasteiger partial charge in [-0.3, -0.25) is 0 Å². The molecule has 0 aliphatic carbocycles. The van der Waals surface area contributed by atoms with E-state index in [0.717, 1.165) is 0 Å². The van der Waals surface area contributed by atoms with Crippen molar-refractivity contribution in [3.63, 3.8) is 0 Å². The van der Waals surface area contributed by atoms with Crippen LogP contribution in [0.3, 0.4) is 0 Å². The van der Waals surface area contributed by atoms with Gasteiger partial charge < -0.3 is 20.1 Å². The lowest BCUT2D eigenvalue weighted by Crippen LogP contribution is -2.44. The van der Waals surface area contributed by atoms with Crippen LogP contribution in [-0.4, -0.2) is 32.4 Å². The summed E-state index contributed by atoms with van der Waals surface area (Å²) in [6, 6.07) is 0. The molecule has 0 rings (SSSR count). The molecule has 4 nitrogen and oxygen atoms in total. The zero-order valence-corrected chi connectivity index (χ0v) is 7.97. The molecule has 1 unspecified atom stereocenters. The van der Waals surface area contributed by atoms with Crippen molar-refractivity contribution in [1.82, 2.24) is 0 Å². The van der Waals surface area contributed by atoms with Crippen molar-refractivity contribution in [2.24, 2.45) is 0 Å². The van der Waals surface area contributed by atoms with Crippen molar-refractivity contribution in [1.29, 1.82) is 0 Å². The Kier molecular flexibility index (Phi) is 4.62. The summed E-state index contributed by atoms with van der Waals surface area (Å²) < 4.78 is 4.89. The van der Waals surface area contributed by atoms with Crippen LogP contribution < -0.4 is 0 Å². The highest BCUT2D eigenvalue weighted by Gasteiger charge is 2.32. The quantitative estimate of drug-likeness (QED) is 0.439. The highest BCUT2D eigenvalue weighted by atomic mass is 32.1. The third-order valence-corrected chi connectivity index (χ3v) is 1.75. The predicted molar refractivity (Wildman–Crippen MR) is 47.4 cm³/mol. The van der Waals surface area contributed by atoms with Gasteiger partial charge in [-0.05, 0) is 18.6 Å². The third-order valence-electron chi connectivity index (χ3n) is 1.37. The molecule has 0 aliphatic rings. The summed E-state index contributed by atoms with van der Waals surface area (Å²) in [7, 11) is 0.